The van der Waals surface area contributed by atoms with Gasteiger partial charge >= 0.3 is 0 Å². The van der Waals surface area contributed by atoms with E-state index in [1.54, 1.807) is 15.9 Å². The highest BCUT2D eigenvalue weighted by molar-refractivity contribution is 7.18. The number of halogens is 1. The number of aliphatic hydroxyl groups is 1. The Hall–Kier alpha value is -1.97. The largest absolute Gasteiger partial charge is 0.395 e. The highest BCUT2D eigenvalue weighted by Crippen LogP contribution is 2.34. The Kier molecular flexibility index (Phi) is 5.75. The summed E-state index contributed by atoms with van der Waals surface area (Å²) in [6.45, 7) is 5.85. The summed E-state index contributed by atoms with van der Waals surface area (Å²) in [7, 11) is 2.12. The first-order valence-corrected chi connectivity index (χ1v) is 11.8. The minimum atomic E-state index is 0.00200. The molecule has 1 fully saturated rings. The van der Waals surface area contributed by atoms with Gasteiger partial charge in [-0.1, -0.05) is 11.6 Å². The molecule has 0 atom stereocenters. The Bertz CT molecular complexity index is 1150. The van der Waals surface area contributed by atoms with Crippen LogP contribution in [0.25, 0.3) is 15.9 Å². The lowest BCUT2D eigenvalue weighted by Gasteiger charge is -2.35. The summed E-state index contributed by atoms with van der Waals surface area (Å²) < 4.78 is 1.76. The van der Waals surface area contributed by atoms with Gasteiger partial charge in [0.25, 0.3) is 5.56 Å². The van der Waals surface area contributed by atoms with Gasteiger partial charge in [-0.15, -0.1) is 11.3 Å². The number of aromatic nitrogens is 2. The van der Waals surface area contributed by atoms with Crippen LogP contribution in [0.5, 0.6) is 0 Å². The summed E-state index contributed by atoms with van der Waals surface area (Å²) >= 11 is 7.77. The molecule has 2 aliphatic rings. The van der Waals surface area contributed by atoms with Crippen LogP contribution >= 0.6 is 22.9 Å². The molecule has 9 heteroatoms. The van der Waals surface area contributed by atoms with Crippen LogP contribution < -0.4 is 10.5 Å². The topological polar surface area (TPSA) is 64.8 Å². The van der Waals surface area contributed by atoms with Gasteiger partial charge in [-0.25, -0.2) is 9.55 Å². The number of piperazine rings is 1. The Balaban J connectivity index is 1.65. The van der Waals surface area contributed by atoms with Crippen LogP contribution in [0.2, 0.25) is 5.02 Å². The summed E-state index contributed by atoms with van der Waals surface area (Å²) in [6, 6.07) is 7.40. The molecular weight excluding hydrogens is 434 g/mol. The van der Waals surface area contributed by atoms with Gasteiger partial charge in [-0.3, -0.25) is 9.69 Å². The van der Waals surface area contributed by atoms with Crippen molar-refractivity contribution >= 4 is 39.1 Å². The van der Waals surface area contributed by atoms with E-state index in [1.165, 1.54) is 4.88 Å². The zero-order valence-electron chi connectivity index (χ0n) is 17.6. The Morgan fingerprint density at radius 3 is 2.58 bits per heavy atom. The van der Waals surface area contributed by atoms with Crippen molar-refractivity contribution in [1.82, 2.24) is 19.4 Å². The minimum absolute atomic E-state index is 0.00200. The molecule has 1 aromatic carbocycles. The second kappa shape index (κ2) is 8.52. The van der Waals surface area contributed by atoms with E-state index in [0.717, 1.165) is 67.2 Å². The monoisotopic (exact) mass is 459 g/mol. The molecule has 0 saturated carbocycles. The van der Waals surface area contributed by atoms with Crippen molar-refractivity contribution in [1.29, 1.82) is 0 Å². The first-order valence-electron chi connectivity index (χ1n) is 10.6. The summed E-state index contributed by atoms with van der Waals surface area (Å²) in [5, 5.41) is 10.7. The summed E-state index contributed by atoms with van der Waals surface area (Å²) in [6.07, 6.45) is 0.878. The number of benzene rings is 1. The molecule has 164 valence electrons. The zero-order chi connectivity index (χ0) is 21.5. The molecule has 0 aliphatic carbocycles. The molecule has 0 bridgehead atoms. The van der Waals surface area contributed by atoms with E-state index >= 15 is 0 Å². The van der Waals surface area contributed by atoms with Crippen LogP contribution in [-0.4, -0.2) is 77.4 Å². The minimum Gasteiger partial charge on any atom is -0.395 e. The first-order chi connectivity index (χ1) is 15.0. The third-order valence-corrected chi connectivity index (χ3v) is 7.57. The smallest absolute Gasteiger partial charge is 0.268 e. The van der Waals surface area contributed by atoms with E-state index in [9.17, 15) is 9.90 Å². The molecule has 5 rings (SSSR count). The second-order valence-electron chi connectivity index (χ2n) is 8.25. The van der Waals surface area contributed by atoms with Crippen LogP contribution in [0.1, 0.15) is 10.4 Å². The third-order valence-electron chi connectivity index (χ3n) is 6.20. The van der Waals surface area contributed by atoms with Crippen LogP contribution in [-0.2, 0) is 13.0 Å². The maximum atomic E-state index is 13.9. The van der Waals surface area contributed by atoms with E-state index in [2.05, 4.69) is 21.7 Å². The highest BCUT2D eigenvalue weighted by atomic mass is 35.5. The van der Waals surface area contributed by atoms with Gasteiger partial charge in [0.2, 0.25) is 5.95 Å². The fraction of sp³-hybridized carbons (Fsp3) is 0.455. The molecule has 2 aromatic heterocycles. The predicted octanol–water partition coefficient (Wildman–Crippen LogP) is 2.20. The fourth-order valence-corrected chi connectivity index (χ4v) is 5.92. The van der Waals surface area contributed by atoms with Crippen LogP contribution in [0, 0.1) is 0 Å². The van der Waals surface area contributed by atoms with Crippen molar-refractivity contribution in [3.63, 3.8) is 0 Å². The van der Waals surface area contributed by atoms with Crippen molar-refractivity contribution in [3.8, 4) is 5.69 Å². The van der Waals surface area contributed by atoms with Gasteiger partial charge in [0.1, 0.15) is 4.83 Å². The van der Waals surface area contributed by atoms with Crippen molar-refractivity contribution in [2.75, 3.05) is 57.8 Å². The van der Waals surface area contributed by atoms with E-state index in [4.69, 9.17) is 16.6 Å². The van der Waals surface area contributed by atoms with E-state index in [-0.39, 0.29) is 12.2 Å². The standard InChI is InChI=1S/C22H26ClN5O2S/c1-25-7-6-17-18(14-25)31-20-19(17)21(30)28(16-4-2-15(23)3-5-16)22(24-20)27-10-8-26(9-11-27)12-13-29/h2-5,29H,6-14H2,1H3. The van der Waals surface area contributed by atoms with E-state index in [0.29, 0.717) is 17.5 Å². The normalized spacial score (nSPS) is 18.0. The molecule has 7 nitrogen and oxygen atoms in total. The van der Waals surface area contributed by atoms with Crippen LogP contribution in [0.15, 0.2) is 29.1 Å². The van der Waals surface area contributed by atoms with Crippen molar-refractivity contribution in [3.05, 3.63) is 50.1 Å². The Morgan fingerprint density at radius 1 is 1.13 bits per heavy atom. The third kappa shape index (κ3) is 3.87. The lowest BCUT2D eigenvalue weighted by molar-refractivity contribution is 0.188. The first kappa shape index (κ1) is 20.9. The maximum absolute atomic E-state index is 13.9. The molecule has 1 saturated heterocycles. The van der Waals surface area contributed by atoms with Crippen molar-refractivity contribution in [2.24, 2.45) is 0 Å². The average Bonchev–Trinajstić information content (AvgIpc) is 3.13. The predicted molar refractivity (Wildman–Crippen MR) is 126 cm³/mol. The van der Waals surface area contributed by atoms with Crippen molar-refractivity contribution < 1.29 is 5.11 Å². The van der Waals surface area contributed by atoms with Crippen LogP contribution in [0.3, 0.4) is 0 Å². The number of aliphatic hydroxyl groups excluding tert-OH is 1. The number of likely N-dealkylation sites (N-methyl/N-ethyl adjacent to an activating group) is 1. The van der Waals surface area contributed by atoms with Gasteiger partial charge in [0.05, 0.1) is 17.7 Å². The van der Waals surface area contributed by atoms with Crippen molar-refractivity contribution in [2.45, 2.75) is 13.0 Å². The average molecular weight is 460 g/mol. The van der Waals surface area contributed by atoms with E-state index in [1.807, 2.05) is 24.3 Å². The molecular formula is C22H26ClN5O2S. The van der Waals surface area contributed by atoms with Gasteiger partial charge < -0.3 is 14.9 Å². The lowest BCUT2D eigenvalue weighted by Crippen LogP contribution is -2.48. The molecule has 31 heavy (non-hydrogen) atoms. The van der Waals surface area contributed by atoms with Gasteiger partial charge in [0.15, 0.2) is 0 Å². The number of hydrogen-bond donors (Lipinski definition) is 1. The second-order valence-corrected chi connectivity index (χ2v) is 9.77. The highest BCUT2D eigenvalue weighted by Gasteiger charge is 2.27. The molecule has 2 aliphatic heterocycles. The van der Waals surface area contributed by atoms with Crippen LogP contribution in [0.4, 0.5) is 5.95 Å². The summed E-state index contributed by atoms with van der Waals surface area (Å²) in [5.74, 6) is 0.690. The molecule has 0 unspecified atom stereocenters. The number of hydrogen-bond acceptors (Lipinski definition) is 7. The quantitative estimate of drug-likeness (QED) is 0.645. The molecule has 0 radical (unpaired) electrons. The zero-order valence-corrected chi connectivity index (χ0v) is 19.1. The SMILES string of the molecule is CN1CCc2c(sc3nc(N4CCN(CCO)CC4)n(-c4ccc(Cl)cc4)c(=O)c23)C1. The molecule has 0 spiro atoms. The van der Waals surface area contributed by atoms with Gasteiger partial charge in [-0.2, -0.15) is 0 Å². The number of anilines is 1. The summed E-state index contributed by atoms with van der Waals surface area (Å²) in [4.78, 5) is 27.7. The van der Waals surface area contributed by atoms with Gasteiger partial charge in [-0.05, 0) is 43.3 Å². The maximum Gasteiger partial charge on any atom is 0.268 e. The number of nitrogens with zero attached hydrogens (tertiary/aromatic N) is 5. The fourth-order valence-electron chi connectivity index (χ4n) is 4.51. The molecule has 3 aromatic rings. The molecule has 0 amide bonds. The van der Waals surface area contributed by atoms with E-state index < -0.39 is 0 Å². The Morgan fingerprint density at radius 2 is 1.87 bits per heavy atom. The van der Waals surface area contributed by atoms with Gasteiger partial charge in [0, 0.05) is 55.7 Å². The number of thiophene rings is 1. The summed E-state index contributed by atoms with van der Waals surface area (Å²) in [5.41, 5.74) is 1.95. The number of rotatable bonds is 4. The molecule has 1 N–H and O–H groups in total. The number of fused-ring (bicyclic) bond motifs is 3. The number of β-amino-alcohol motifs (C(OH)–C–C–N with tert-alkyl or cyclic N) is 1. The Labute approximate surface area is 190 Å². The molecule has 4 heterocycles. The lowest BCUT2D eigenvalue weighted by atomic mass is 10.1.